The molecule has 1 heteroatoms. The van der Waals surface area contributed by atoms with Crippen molar-refractivity contribution >= 4 is 11.8 Å². The molecule has 0 unspecified atom stereocenters. The molecule has 0 saturated carbocycles. The van der Waals surface area contributed by atoms with Crippen LogP contribution in [-0.2, 0) is 0 Å². The van der Waals surface area contributed by atoms with Crippen molar-refractivity contribution in [3.05, 3.63) is 11.5 Å². The van der Waals surface area contributed by atoms with Gasteiger partial charge in [0.25, 0.3) is 0 Å². The normalized spacial score (nSPS) is 9.14. The third-order valence-electron chi connectivity index (χ3n) is 0.427. The predicted molar refractivity (Wildman–Crippen MR) is 36.1 cm³/mol. The highest BCUT2D eigenvalue weighted by atomic mass is 32.2. The lowest BCUT2D eigenvalue weighted by molar-refractivity contribution is 1.54. The van der Waals surface area contributed by atoms with Crippen LogP contribution in [0.15, 0.2) is 11.5 Å². The van der Waals surface area contributed by atoms with Crippen LogP contribution in [-0.4, -0.2) is 5.75 Å². The van der Waals surface area contributed by atoms with E-state index in [-0.39, 0.29) is 0 Å². The first-order valence-corrected chi connectivity index (χ1v) is 3.19. The summed E-state index contributed by atoms with van der Waals surface area (Å²) in [6.45, 7) is 2.09. The Balaban J connectivity index is 2.97. The van der Waals surface area contributed by atoms with E-state index in [4.69, 9.17) is 6.42 Å². The van der Waals surface area contributed by atoms with Gasteiger partial charge in [-0.15, -0.1) is 18.2 Å². The zero-order valence-corrected chi connectivity index (χ0v) is 5.16. The molecule has 0 aromatic heterocycles. The Bertz CT molecular complexity index is 86.8. The zero-order valence-electron chi connectivity index (χ0n) is 4.35. The molecule has 7 heavy (non-hydrogen) atoms. The summed E-state index contributed by atoms with van der Waals surface area (Å²) in [5.41, 5.74) is 0. The van der Waals surface area contributed by atoms with Gasteiger partial charge in [0, 0.05) is 0 Å². The highest BCUT2D eigenvalue weighted by molar-refractivity contribution is 8.02. The summed E-state index contributed by atoms with van der Waals surface area (Å²) in [5.74, 6) is 3.50. The van der Waals surface area contributed by atoms with Gasteiger partial charge in [-0.25, -0.2) is 0 Å². The van der Waals surface area contributed by atoms with Gasteiger partial charge in [-0.05, 0) is 17.2 Å². The van der Waals surface area contributed by atoms with Gasteiger partial charge in [-0.1, -0.05) is 12.8 Å². The first kappa shape index (κ1) is 6.65. The maximum atomic E-state index is 4.92. The highest BCUT2D eigenvalue weighted by Crippen LogP contribution is 1.97. The third kappa shape index (κ3) is 5.65. The summed E-state index contributed by atoms with van der Waals surface area (Å²) >= 11 is 1.71. The quantitative estimate of drug-likeness (QED) is 0.491. The molecule has 0 aliphatic heterocycles. The lowest BCUT2D eigenvalue weighted by Gasteiger charge is -1.76. The smallest absolute Gasteiger partial charge is 0.00542 e. The van der Waals surface area contributed by atoms with Crippen molar-refractivity contribution in [2.45, 2.75) is 6.92 Å². The minimum atomic E-state index is 1.10. The van der Waals surface area contributed by atoms with Crippen molar-refractivity contribution < 1.29 is 0 Å². The maximum Gasteiger partial charge on any atom is -0.00542 e. The van der Waals surface area contributed by atoms with Crippen LogP contribution in [0.5, 0.6) is 0 Å². The molecule has 0 fully saturated rings. The molecule has 0 aliphatic carbocycles. The van der Waals surface area contributed by atoms with Gasteiger partial charge >= 0.3 is 0 Å². The number of allylic oxidation sites excluding steroid dienone is 1. The van der Waals surface area contributed by atoms with E-state index in [1.54, 1.807) is 17.8 Å². The zero-order chi connectivity index (χ0) is 5.54. The van der Waals surface area contributed by atoms with E-state index in [1.807, 2.05) is 5.41 Å². The number of thioether (sulfide) groups is 1. The van der Waals surface area contributed by atoms with E-state index in [0.717, 1.165) is 5.75 Å². The Kier molecular flexibility index (Phi) is 5.37. The van der Waals surface area contributed by atoms with Gasteiger partial charge in [0.2, 0.25) is 0 Å². The van der Waals surface area contributed by atoms with Crippen LogP contribution in [0.25, 0.3) is 0 Å². The first-order valence-electron chi connectivity index (χ1n) is 2.14. The molecule has 0 spiro atoms. The Hall–Kier alpha value is -0.350. The standard InChI is InChI=1S/C6H8S/c1-3-5-6-7-4-2/h1,5-6H,4H2,2H3/b6-5+. The van der Waals surface area contributed by atoms with Gasteiger partial charge in [0.1, 0.15) is 0 Å². The van der Waals surface area contributed by atoms with Crippen LogP contribution in [0, 0.1) is 12.3 Å². The average molecular weight is 112 g/mol. The fourth-order valence-corrected chi connectivity index (χ4v) is 0.551. The van der Waals surface area contributed by atoms with Crippen LogP contribution in [0.1, 0.15) is 6.92 Å². The second kappa shape index (κ2) is 5.65. The first-order chi connectivity index (χ1) is 3.41. The van der Waals surface area contributed by atoms with Gasteiger partial charge in [-0.3, -0.25) is 0 Å². The van der Waals surface area contributed by atoms with Crippen molar-refractivity contribution in [2.75, 3.05) is 5.75 Å². The number of hydrogen-bond donors (Lipinski definition) is 0. The van der Waals surface area contributed by atoms with E-state index in [2.05, 4.69) is 12.8 Å². The van der Waals surface area contributed by atoms with E-state index in [0.29, 0.717) is 0 Å². The van der Waals surface area contributed by atoms with Crippen molar-refractivity contribution in [3.63, 3.8) is 0 Å². The number of terminal acetylenes is 1. The molecule has 0 bridgehead atoms. The SMILES string of the molecule is C#C/C=C/SCC. The van der Waals surface area contributed by atoms with Crippen LogP contribution in [0.2, 0.25) is 0 Å². The van der Waals surface area contributed by atoms with Crippen molar-refractivity contribution in [1.29, 1.82) is 0 Å². The molecular weight excluding hydrogens is 104 g/mol. The lowest BCUT2D eigenvalue weighted by atomic mass is 10.7. The minimum Gasteiger partial charge on any atom is -0.134 e. The maximum absolute atomic E-state index is 4.92. The second-order valence-electron chi connectivity index (χ2n) is 0.925. The largest absolute Gasteiger partial charge is 0.134 e. The topological polar surface area (TPSA) is 0 Å². The monoisotopic (exact) mass is 112 g/mol. The van der Waals surface area contributed by atoms with Gasteiger partial charge in [0.05, 0.1) is 0 Å². The predicted octanol–water partition coefficient (Wildman–Crippen LogP) is 1.89. The van der Waals surface area contributed by atoms with Crippen molar-refractivity contribution in [3.8, 4) is 12.3 Å². The molecule has 0 saturated heterocycles. The van der Waals surface area contributed by atoms with Crippen LogP contribution >= 0.6 is 11.8 Å². The second-order valence-corrected chi connectivity index (χ2v) is 2.11. The Morgan fingerprint density at radius 2 is 2.57 bits per heavy atom. The highest BCUT2D eigenvalue weighted by Gasteiger charge is 1.65. The summed E-state index contributed by atoms with van der Waals surface area (Å²) in [5, 5.41) is 1.92. The van der Waals surface area contributed by atoms with Crippen LogP contribution < -0.4 is 0 Å². The molecule has 0 nitrogen and oxygen atoms in total. The minimum absolute atomic E-state index is 1.10. The van der Waals surface area contributed by atoms with Gasteiger partial charge in [0.15, 0.2) is 0 Å². The molecule has 0 radical (unpaired) electrons. The Morgan fingerprint density at radius 1 is 1.86 bits per heavy atom. The Labute approximate surface area is 49.0 Å². The molecule has 0 aliphatic rings. The van der Waals surface area contributed by atoms with Gasteiger partial charge < -0.3 is 0 Å². The molecular formula is C6H8S. The fourth-order valence-electron chi connectivity index (χ4n) is 0.184. The van der Waals surface area contributed by atoms with Crippen LogP contribution in [0.4, 0.5) is 0 Å². The van der Waals surface area contributed by atoms with Crippen molar-refractivity contribution in [1.82, 2.24) is 0 Å². The fraction of sp³-hybridized carbons (Fsp3) is 0.333. The lowest BCUT2D eigenvalue weighted by Crippen LogP contribution is -1.54. The van der Waals surface area contributed by atoms with Gasteiger partial charge in [-0.2, -0.15) is 0 Å². The molecule has 38 valence electrons. The Morgan fingerprint density at radius 3 is 3.00 bits per heavy atom. The molecule has 0 N–H and O–H groups in total. The average Bonchev–Trinajstić information content (AvgIpc) is 1.69. The molecule has 0 aromatic carbocycles. The van der Waals surface area contributed by atoms with Crippen LogP contribution in [0.3, 0.4) is 0 Å². The molecule has 0 rings (SSSR count). The number of hydrogen-bond acceptors (Lipinski definition) is 1. The molecule has 0 atom stereocenters. The summed E-state index contributed by atoms with van der Waals surface area (Å²) in [7, 11) is 0. The molecule has 0 aromatic rings. The van der Waals surface area contributed by atoms with E-state index >= 15 is 0 Å². The summed E-state index contributed by atoms with van der Waals surface area (Å²) in [6.07, 6.45) is 6.62. The summed E-state index contributed by atoms with van der Waals surface area (Å²) in [6, 6.07) is 0. The molecule has 0 amide bonds. The van der Waals surface area contributed by atoms with E-state index in [1.165, 1.54) is 0 Å². The third-order valence-corrected chi connectivity index (χ3v) is 1.09. The van der Waals surface area contributed by atoms with E-state index < -0.39 is 0 Å². The molecule has 0 heterocycles. The summed E-state index contributed by atoms with van der Waals surface area (Å²) in [4.78, 5) is 0. The van der Waals surface area contributed by atoms with E-state index in [9.17, 15) is 0 Å². The van der Waals surface area contributed by atoms with Crippen molar-refractivity contribution in [2.24, 2.45) is 0 Å². The summed E-state index contributed by atoms with van der Waals surface area (Å²) < 4.78 is 0. The number of rotatable bonds is 2.